The smallest absolute Gasteiger partial charge is 0.306 e. The van der Waals surface area contributed by atoms with E-state index in [4.69, 9.17) is 10.8 Å². The number of hydrogen-bond acceptors (Lipinski definition) is 3. The minimum absolute atomic E-state index is 0.0456. The lowest BCUT2D eigenvalue weighted by molar-refractivity contribution is -0.141. The average molecular weight is 300 g/mol. The topological polar surface area (TPSA) is 92.4 Å². The van der Waals surface area contributed by atoms with Gasteiger partial charge in [0.05, 0.1) is 5.92 Å². The first-order valence-corrected chi connectivity index (χ1v) is 7.88. The molecule has 0 spiro atoms. The quantitative estimate of drug-likeness (QED) is 0.540. The number of hydrogen-bond donors (Lipinski definition) is 3. The van der Waals surface area contributed by atoms with E-state index in [9.17, 15) is 9.59 Å². The standard InChI is InChI=1S/C16H32N2O3/c1-12(15(20)21)6-5-11-18-14(19)8-7-13(9-10-17)16(2,3)4/h12-13H,5-11,17H2,1-4H3,(H,18,19)(H,20,21). The van der Waals surface area contributed by atoms with Gasteiger partial charge in [-0.2, -0.15) is 0 Å². The van der Waals surface area contributed by atoms with Gasteiger partial charge in [0.2, 0.25) is 5.91 Å². The highest BCUT2D eigenvalue weighted by atomic mass is 16.4. The highest BCUT2D eigenvalue weighted by Gasteiger charge is 2.24. The number of rotatable bonds is 10. The zero-order valence-electron chi connectivity index (χ0n) is 13.9. The van der Waals surface area contributed by atoms with E-state index in [1.807, 2.05) is 0 Å². The summed E-state index contributed by atoms with van der Waals surface area (Å²) in [5.74, 6) is -0.641. The fourth-order valence-corrected chi connectivity index (χ4v) is 2.36. The monoisotopic (exact) mass is 300 g/mol. The number of carbonyl (C=O) groups excluding carboxylic acids is 1. The molecule has 0 saturated carbocycles. The van der Waals surface area contributed by atoms with Crippen molar-refractivity contribution in [1.82, 2.24) is 5.32 Å². The highest BCUT2D eigenvalue weighted by molar-refractivity contribution is 5.75. The molecule has 0 aromatic rings. The van der Waals surface area contributed by atoms with Gasteiger partial charge in [-0.1, -0.05) is 27.7 Å². The van der Waals surface area contributed by atoms with Gasteiger partial charge in [-0.05, 0) is 43.6 Å². The second-order valence-corrected chi connectivity index (χ2v) is 6.91. The third kappa shape index (κ3) is 9.45. The summed E-state index contributed by atoms with van der Waals surface area (Å²) < 4.78 is 0. The first kappa shape index (κ1) is 19.9. The first-order valence-electron chi connectivity index (χ1n) is 7.88. The molecule has 0 heterocycles. The molecule has 0 aromatic heterocycles. The van der Waals surface area contributed by atoms with Crippen LogP contribution in [0, 0.1) is 17.3 Å². The van der Waals surface area contributed by atoms with Crippen molar-refractivity contribution in [3.8, 4) is 0 Å². The van der Waals surface area contributed by atoms with E-state index in [1.165, 1.54) is 0 Å². The van der Waals surface area contributed by atoms with E-state index in [0.717, 1.165) is 12.8 Å². The van der Waals surface area contributed by atoms with Crippen LogP contribution in [0.1, 0.15) is 59.8 Å². The summed E-state index contributed by atoms with van der Waals surface area (Å²) in [4.78, 5) is 22.5. The van der Waals surface area contributed by atoms with Crippen molar-refractivity contribution in [3.05, 3.63) is 0 Å². The van der Waals surface area contributed by atoms with E-state index in [-0.39, 0.29) is 17.2 Å². The van der Waals surface area contributed by atoms with E-state index < -0.39 is 5.97 Å². The molecule has 21 heavy (non-hydrogen) atoms. The molecule has 0 aliphatic heterocycles. The fraction of sp³-hybridized carbons (Fsp3) is 0.875. The summed E-state index contributed by atoms with van der Waals surface area (Å²) >= 11 is 0. The fourth-order valence-electron chi connectivity index (χ4n) is 2.36. The van der Waals surface area contributed by atoms with E-state index in [0.29, 0.717) is 38.3 Å². The van der Waals surface area contributed by atoms with Crippen LogP contribution in [-0.2, 0) is 9.59 Å². The second-order valence-electron chi connectivity index (χ2n) is 6.91. The van der Waals surface area contributed by atoms with Crippen LogP contribution in [0.2, 0.25) is 0 Å². The van der Waals surface area contributed by atoms with Crippen LogP contribution < -0.4 is 11.1 Å². The Kier molecular flexibility index (Phi) is 9.26. The van der Waals surface area contributed by atoms with Crippen LogP contribution in [0.3, 0.4) is 0 Å². The summed E-state index contributed by atoms with van der Waals surface area (Å²) in [5.41, 5.74) is 5.80. The molecule has 2 atom stereocenters. The molecule has 1 amide bonds. The number of carbonyl (C=O) groups is 2. The lowest BCUT2D eigenvalue weighted by Gasteiger charge is -2.30. The van der Waals surface area contributed by atoms with Crippen molar-refractivity contribution in [1.29, 1.82) is 0 Å². The molecular weight excluding hydrogens is 268 g/mol. The van der Waals surface area contributed by atoms with E-state index >= 15 is 0 Å². The molecule has 0 bridgehead atoms. The maximum absolute atomic E-state index is 11.8. The van der Waals surface area contributed by atoms with Crippen molar-refractivity contribution in [2.45, 2.75) is 59.8 Å². The zero-order chi connectivity index (χ0) is 16.5. The molecule has 0 aliphatic rings. The van der Waals surface area contributed by atoms with Crippen LogP contribution >= 0.6 is 0 Å². The van der Waals surface area contributed by atoms with Crippen LogP contribution in [0.5, 0.6) is 0 Å². The molecule has 0 fully saturated rings. The van der Waals surface area contributed by atoms with E-state index in [2.05, 4.69) is 26.1 Å². The van der Waals surface area contributed by atoms with Crippen LogP contribution in [0.4, 0.5) is 0 Å². The molecule has 0 rings (SSSR count). The van der Waals surface area contributed by atoms with Gasteiger partial charge in [-0.15, -0.1) is 0 Å². The average Bonchev–Trinajstić information content (AvgIpc) is 2.37. The van der Waals surface area contributed by atoms with Crippen LogP contribution in [0.25, 0.3) is 0 Å². The lowest BCUT2D eigenvalue weighted by atomic mass is 9.76. The zero-order valence-corrected chi connectivity index (χ0v) is 13.9. The van der Waals surface area contributed by atoms with Crippen molar-refractivity contribution in [3.63, 3.8) is 0 Å². The van der Waals surface area contributed by atoms with E-state index in [1.54, 1.807) is 6.92 Å². The van der Waals surface area contributed by atoms with Crippen molar-refractivity contribution in [2.75, 3.05) is 13.1 Å². The Morgan fingerprint density at radius 1 is 1.19 bits per heavy atom. The van der Waals surface area contributed by atoms with Crippen LogP contribution in [-0.4, -0.2) is 30.1 Å². The number of nitrogens with two attached hydrogens (primary N) is 1. The molecule has 5 heteroatoms. The summed E-state index contributed by atoms with van der Waals surface area (Å²) in [6, 6.07) is 0. The molecule has 0 aliphatic carbocycles. The van der Waals surface area contributed by atoms with Gasteiger partial charge in [0.1, 0.15) is 0 Å². The number of carboxylic acid groups (broad SMARTS) is 1. The normalized spacial score (nSPS) is 14.5. The Hall–Kier alpha value is -1.10. The predicted molar refractivity (Wildman–Crippen MR) is 84.9 cm³/mol. The maximum Gasteiger partial charge on any atom is 0.306 e. The SMILES string of the molecule is CC(CCCNC(=O)CCC(CCN)C(C)(C)C)C(=O)O. The van der Waals surface area contributed by atoms with Gasteiger partial charge in [0.15, 0.2) is 0 Å². The molecule has 0 saturated heterocycles. The third-order valence-electron chi connectivity index (χ3n) is 4.02. The van der Waals surface area contributed by atoms with Gasteiger partial charge in [0, 0.05) is 13.0 Å². The first-order chi connectivity index (χ1) is 9.68. The highest BCUT2D eigenvalue weighted by Crippen LogP contribution is 2.31. The second kappa shape index (κ2) is 9.77. The Labute approximate surface area is 128 Å². The third-order valence-corrected chi connectivity index (χ3v) is 4.02. The summed E-state index contributed by atoms with van der Waals surface area (Å²) in [6.07, 6.45) is 3.58. The van der Waals surface area contributed by atoms with Gasteiger partial charge in [-0.25, -0.2) is 0 Å². The molecule has 0 aromatic carbocycles. The minimum Gasteiger partial charge on any atom is -0.481 e. The van der Waals surface area contributed by atoms with Gasteiger partial charge in [-0.3, -0.25) is 9.59 Å². The minimum atomic E-state index is -0.781. The Morgan fingerprint density at radius 3 is 2.29 bits per heavy atom. The molecule has 4 N–H and O–H groups in total. The Morgan fingerprint density at radius 2 is 1.81 bits per heavy atom. The van der Waals surface area contributed by atoms with Crippen molar-refractivity contribution >= 4 is 11.9 Å². The number of nitrogens with one attached hydrogen (secondary N) is 1. The lowest BCUT2D eigenvalue weighted by Crippen LogP contribution is -2.28. The van der Waals surface area contributed by atoms with Crippen molar-refractivity contribution in [2.24, 2.45) is 23.0 Å². The molecule has 124 valence electrons. The molecular formula is C16H32N2O3. The number of amides is 1. The number of aliphatic carboxylic acids is 1. The largest absolute Gasteiger partial charge is 0.481 e. The summed E-state index contributed by atoms with van der Waals surface area (Å²) in [7, 11) is 0. The predicted octanol–water partition coefficient (Wildman–Crippen LogP) is 2.39. The van der Waals surface area contributed by atoms with Gasteiger partial charge < -0.3 is 16.2 Å². The molecule has 5 nitrogen and oxygen atoms in total. The van der Waals surface area contributed by atoms with Crippen LogP contribution in [0.15, 0.2) is 0 Å². The van der Waals surface area contributed by atoms with Crippen molar-refractivity contribution < 1.29 is 14.7 Å². The maximum atomic E-state index is 11.8. The summed E-state index contributed by atoms with van der Waals surface area (Å²) in [5, 5.41) is 11.6. The van der Waals surface area contributed by atoms with Gasteiger partial charge in [0.25, 0.3) is 0 Å². The Balaban J connectivity index is 3.91. The number of carboxylic acids is 1. The van der Waals surface area contributed by atoms with Gasteiger partial charge >= 0.3 is 5.97 Å². The summed E-state index contributed by atoms with van der Waals surface area (Å²) in [6.45, 7) is 9.42. The molecule has 2 unspecified atom stereocenters. The Bertz CT molecular complexity index is 324. The molecule has 0 radical (unpaired) electrons.